The van der Waals surface area contributed by atoms with Gasteiger partial charge in [-0.1, -0.05) is 35.0 Å². The number of nitrogens with zero attached hydrogens (tertiary/aromatic N) is 5. The Morgan fingerprint density at radius 2 is 2.06 bits per heavy atom. The van der Waals surface area contributed by atoms with Crippen LogP contribution >= 0.6 is 11.6 Å². The van der Waals surface area contributed by atoms with Gasteiger partial charge >= 0.3 is 0 Å². The third kappa shape index (κ3) is 4.36. The Labute approximate surface area is 193 Å². The summed E-state index contributed by atoms with van der Waals surface area (Å²) in [6, 6.07) is 13.0. The van der Waals surface area contributed by atoms with Crippen LogP contribution in [0.25, 0.3) is 11.2 Å². The molecule has 4 aromatic rings. The molecule has 1 amide bonds. The molecule has 5 rings (SSSR count). The van der Waals surface area contributed by atoms with Crippen molar-refractivity contribution < 1.29 is 9.18 Å². The number of likely N-dealkylation sites (tertiary alicyclic amines) is 1. The summed E-state index contributed by atoms with van der Waals surface area (Å²) in [5, 5.41) is 8.69. The first-order chi connectivity index (χ1) is 16.0. The highest BCUT2D eigenvalue weighted by atomic mass is 35.5. The zero-order valence-corrected chi connectivity index (χ0v) is 18.3. The summed E-state index contributed by atoms with van der Waals surface area (Å²) in [4.78, 5) is 34.7. The third-order valence-corrected chi connectivity index (χ3v) is 6.02. The third-order valence-electron chi connectivity index (χ3n) is 5.78. The standard InChI is InChI=1S/C23H20ClFN6O2/c24-17-7-1-4-14(10-17)12-31-21-19(28-29-31)22(32)27-20(26-21)16-6-3-9-30(13-16)23(33)15-5-2-8-18(25)11-15/h1-2,4-5,7-8,10-11,16H,3,6,9,12-13H2,(H,26,27,32). The van der Waals surface area contributed by atoms with E-state index in [4.69, 9.17) is 11.6 Å². The van der Waals surface area contributed by atoms with Crippen molar-refractivity contribution in [1.82, 2.24) is 29.9 Å². The number of amides is 1. The predicted molar refractivity (Wildman–Crippen MR) is 121 cm³/mol. The van der Waals surface area contributed by atoms with E-state index >= 15 is 0 Å². The monoisotopic (exact) mass is 466 g/mol. The Balaban J connectivity index is 1.43. The molecule has 0 radical (unpaired) electrons. The molecule has 1 atom stereocenters. The van der Waals surface area contributed by atoms with Crippen LogP contribution < -0.4 is 5.56 Å². The number of hydrogen-bond acceptors (Lipinski definition) is 5. The minimum atomic E-state index is -0.452. The zero-order chi connectivity index (χ0) is 22.9. The summed E-state index contributed by atoms with van der Waals surface area (Å²) in [5.41, 5.74) is 1.37. The number of carbonyl (C=O) groups is 1. The molecule has 0 bridgehead atoms. The van der Waals surface area contributed by atoms with Gasteiger partial charge in [0.2, 0.25) is 0 Å². The Bertz CT molecular complexity index is 1400. The van der Waals surface area contributed by atoms with E-state index in [2.05, 4.69) is 20.3 Å². The molecule has 8 nitrogen and oxygen atoms in total. The van der Waals surface area contributed by atoms with Gasteiger partial charge in [-0.15, -0.1) is 5.10 Å². The largest absolute Gasteiger partial charge is 0.338 e. The van der Waals surface area contributed by atoms with Crippen molar-refractivity contribution in [3.8, 4) is 0 Å². The summed E-state index contributed by atoms with van der Waals surface area (Å²) in [5.74, 6) is -0.372. The van der Waals surface area contributed by atoms with Gasteiger partial charge < -0.3 is 9.88 Å². The van der Waals surface area contributed by atoms with Crippen molar-refractivity contribution in [1.29, 1.82) is 0 Å². The van der Waals surface area contributed by atoms with Crippen molar-refractivity contribution in [3.63, 3.8) is 0 Å². The first kappa shape index (κ1) is 21.3. The van der Waals surface area contributed by atoms with Gasteiger partial charge in [0.25, 0.3) is 11.5 Å². The predicted octanol–water partition coefficient (Wildman–Crippen LogP) is 3.38. The molecule has 0 aliphatic carbocycles. The van der Waals surface area contributed by atoms with Gasteiger partial charge in [-0.3, -0.25) is 9.59 Å². The fourth-order valence-corrected chi connectivity index (χ4v) is 4.39. The number of aromatic amines is 1. The molecule has 10 heteroatoms. The smallest absolute Gasteiger partial charge is 0.281 e. The van der Waals surface area contributed by atoms with Gasteiger partial charge in [-0.25, -0.2) is 14.1 Å². The minimum absolute atomic E-state index is 0.157. The van der Waals surface area contributed by atoms with Crippen LogP contribution in [-0.2, 0) is 6.54 Å². The average Bonchev–Trinajstić information content (AvgIpc) is 3.22. The lowest BCUT2D eigenvalue weighted by Crippen LogP contribution is -2.40. The second-order valence-electron chi connectivity index (χ2n) is 8.10. The van der Waals surface area contributed by atoms with Gasteiger partial charge in [0.05, 0.1) is 6.54 Å². The van der Waals surface area contributed by atoms with Gasteiger partial charge in [-0.2, -0.15) is 0 Å². The lowest BCUT2D eigenvalue weighted by Gasteiger charge is -2.32. The molecule has 0 saturated carbocycles. The Morgan fingerprint density at radius 3 is 2.88 bits per heavy atom. The first-order valence-corrected chi connectivity index (χ1v) is 11.0. The molecule has 33 heavy (non-hydrogen) atoms. The van der Waals surface area contributed by atoms with E-state index in [1.807, 2.05) is 18.2 Å². The maximum atomic E-state index is 13.6. The Morgan fingerprint density at radius 1 is 1.21 bits per heavy atom. The number of aromatic nitrogens is 5. The Hall–Kier alpha value is -3.59. The highest BCUT2D eigenvalue weighted by molar-refractivity contribution is 6.30. The van der Waals surface area contributed by atoms with E-state index in [0.717, 1.165) is 18.4 Å². The van der Waals surface area contributed by atoms with Gasteiger partial charge in [0.15, 0.2) is 11.2 Å². The van der Waals surface area contributed by atoms with E-state index < -0.39 is 5.82 Å². The molecule has 1 N–H and O–H groups in total. The van der Waals surface area contributed by atoms with Crippen LogP contribution in [0.1, 0.15) is 40.5 Å². The summed E-state index contributed by atoms with van der Waals surface area (Å²) in [7, 11) is 0. The number of halogens is 2. The molecule has 1 fully saturated rings. The van der Waals surface area contributed by atoms with Crippen LogP contribution in [0.5, 0.6) is 0 Å². The highest BCUT2D eigenvalue weighted by Crippen LogP contribution is 2.26. The van der Waals surface area contributed by atoms with Crippen molar-refractivity contribution in [2.75, 3.05) is 13.1 Å². The van der Waals surface area contributed by atoms with E-state index in [-0.39, 0.29) is 22.9 Å². The summed E-state index contributed by atoms with van der Waals surface area (Å²) < 4.78 is 15.1. The first-order valence-electron chi connectivity index (χ1n) is 10.6. The number of benzene rings is 2. The number of rotatable bonds is 4. The molecule has 168 valence electrons. The number of H-pyrrole nitrogens is 1. The maximum Gasteiger partial charge on any atom is 0.281 e. The summed E-state index contributed by atoms with van der Waals surface area (Å²) in [6.07, 6.45) is 1.50. The fourth-order valence-electron chi connectivity index (χ4n) is 4.18. The van der Waals surface area contributed by atoms with Crippen molar-refractivity contribution in [2.24, 2.45) is 0 Å². The molecule has 1 unspecified atom stereocenters. The lowest BCUT2D eigenvalue weighted by atomic mass is 9.96. The normalized spacial score (nSPS) is 16.3. The molecule has 0 spiro atoms. The van der Waals surface area contributed by atoms with Gasteiger partial charge in [0, 0.05) is 29.6 Å². The number of carbonyl (C=O) groups excluding carboxylic acids is 1. The van der Waals surface area contributed by atoms with Crippen LogP contribution in [0, 0.1) is 5.82 Å². The number of nitrogens with one attached hydrogen (secondary N) is 1. The highest BCUT2D eigenvalue weighted by Gasteiger charge is 2.28. The minimum Gasteiger partial charge on any atom is -0.338 e. The van der Waals surface area contributed by atoms with Crippen LogP contribution in [0.3, 0.4) is 0 Å². The van der Waals surface area contributed by atoms with Crippen molar-refractivity contribution in [2.45, 2.75) is 25.3 Å². The topological polar surface area (TPSA) is 96.8 Å². The number of fused-ring (bicyclic) bond motifs is 1. The Kier molecular flexibility index (Phi) is 5.63. The van der Waals surface area contributed by atoms with Crippen molar-refractivity contribution >= 4 is 28.7 Å². The van der Waals surface area contributed by atoms with Crippen LogP contribution in [0.4, 0.5) is 4.39 Å². The molecule has 1 saturated heterocycles. The summed E-state index contributed by atoms with van der Waals surface area (Å²) >= 11 is 6.08. The van der Waals surface area contributed by atoms with Gasteiger partial charge in [0.1, 0.15) is 11.6 Å². The van der Waals surface area contributed by atoms with Gasteiger partial charge in [-0.05, 0) is 48.7 Å². The lowest BCUT2D eigenvalue weighted by molar-refractivity contribution is 0.0704. The molecular weight excluding hydrogens is 447 g/mol. The zero-order valence-electron chi connectivity index (χ0n) is 17.5. The molecule has 3 heterocycles. The number of hydrogen-bond donors (Lipinski definition) is 1. The molecule has 1 aliphatic heterocycles. The molecule has 1 aliphatic rings. The fraction of sp³-hybridized carbons (Fsp3) is 0.261. The van der Waals surface area contributed by atoms with Crippen LogP contribution in [-0.4, -0.2) is 48.9 Å². The van der Waals surface area contributed by atoms with Crippen LogP contribution in [0.2, 0.25) is 5.02 Å². The quantitative estimate of drug-likeness (QED) is 0.497. The second-order valence-corrected chi connectivity index (χ2v) is 8.54. The SMILES string of the molecule is O=C(c1cccc(F)c1)N1CCCC(c2nc3c(nnn3Cc3cccc(Cl)c3)c(=O)[nH]2)C1. The molecule has 2 aromatic heterocycles. The molecular formula is C23H20ClFN6O2. The van der Waals surface area contributed by atoms with E-state index in [9.17, 15) is 14.0 Å². The second kappa shape index (κ2) is 8.74. The van der Waals surface area contributed by atoms with Crippen molar-refractivity contribution in [3.05, 3.63) is 86.7 Å². The van der Waals surface area contributed by atoms with E-state index in [1.165, 1.54) is 18.2 Å². The van der Waals surface area contributed by atoms with E-state index in [1.54, 1.807) is 21.7 Å². The molecule has 2 aromatic carbocycles. The number of piperidine rings is 1. The maximum absolute atomic E-state index is 13.6. The summed E-state index contributed by atoms with van der Waals surface area (Å²) in [6.45, 7) is 1.30. The van der Waals surface area contributed by atoms with E-state index in [0.29, 0.717) is 41.7 Å². The average molecular weight is 467 g/mol. The van der Waals surface area contributed by atoms with Crippen LogP contribution in [0.15, 0.2) is 53.3 Å².